The van der Waals surface area contributed by atoms with Crippen molar-refractivity contribution >= 4 is 29.9 Å². The van der Waals surface area contributed by atoms with Gasteiger partial charge in [0.05, 0.1) is 24.0 Å². The number of ether oxygens (including phenoxy) is 1. The molecule has 1 amide bonds. The molecule has 4 rings (SSSR count). The minimum Gasteiger partial charge on any atom is -0.461 e. The number of hydroxylamine groups is 2. The molecule has 4 fully saturated rings. The van der Waals surface area contributed by atoms with Crippen LogP contribution in [0.4, 0.5) is 0 Å². The van der Waals surface area contributed by atoms with E-state index in [-0.39, 0.29) is 40.0 Å². The molecule has 214 valence electrons. The first-order valence-corrected chi connectivity index (χ1v) is 15.1. The highest BCUT2D eigenvalue weighted by molar-refractivity contribution is 8.00. The third-order valence-electron chi connectivity index (χ3n) is 11.2. The SMILES string of the molecule is C=C[C@]1(C)C[C@@H](OC(=O)CS[C@@H]2C[C@H](N(O)C=O)CC[C@H]2O)[C@]2(C)[C@H](C)CC[C@]3(CCC(=O)[C@H]32)[C@@H](C)[C@@H]1O. The van der Waals surface area contributed by atoms with Gasteiger partial charge in [0.15, 0.2) is 0 Å². The van der Waals surface area contributed by atoms with Crippen LogP contribution in [0.25, 0.3) is 0 Å². The molecule has 2 bridgehead atoms. The van der Waals surface area contributed by atoms with Crippen molar-refractivity contribution < 1.29 is 34.5 Å². The number of rotatable bonds is 7. The number of amides is 1. The Morgan fingerprint density at radius 3 is 2.58 bits per heavy atom. The summed E-state index contributed by atoms with van der Waals surface area (Å²) >= 11 is 1.28. The van der Waals surface area contributed by atoms with Gasteiger partial charge in [-0.25, -0.2) is 5.06 Å². The lowest BCUT2D eigenvalue weighted by Gasteiger charge is -2.61. The van der Waals surface area contributed by atoms with E-state index < -0.39 is 41.2 Å². The van der Waals surface area contributed by atoms with Crippen LogP contribution in [0.15, 0.2) is 12.7 Å². The Labute approximate surface area is 230 Å². The summed E-state index contributed by atoms with van der Waals surface area (Å²) in [6.45, 7) is 12.4. The summed E-state index contributed by atoms with van der Waals surface area (Å²) in [6.07, 6.45) is 4.95. The first-order chi connectivity index (χ1) is 17.8. The molecule has 0 unspecified atom stereocenters. The van der Waals surface area contributed by atoms with Gasteiger partial charge in [-0.1, -0.05) is 33.8 Å². The first kappa shape index (κ1) is 29.6. The molecule has 0 aromatic rings. The second-order valence-electron chi connectivity index (χ2n) is 12.9. The molecule has 4 aliphatic carbocycles. The topological polar surface area (TPSA) is 124 Å². The van der Waals surface area contributed by atoms with Gasteiger partial charge in [-0.05, 0) is 62.2 Å². The van der Waals surface area contributed by atoms with Crippen LogP contribution in [-0.2, 0) is 19.1 Å². The van der Waals surface area contributed by atoms with Gasteiger partial charge in [0.1, 0.15) is 11.9 Å². The summed E-state index contributed by atoms with van der Waals surface area (Å²) in [5, 5.41) is 32.2. The molecule has 0 aliphatic heterocycles. The minimum atomic E-state index is -0.713. The van der Waals surface area contributed by atoms with Crippen molar-refractivity contribution in [3.8, 4) is 0 Å². The van der Waals surface area contributed by atoms with Crippen molar-refractivity contribution in [1.29, 1.82) is 0 Å². The molecule has 0 spiro atoms. The van der Waals surface area contributed by atoms with E-state index in [0.717, 1.165) is 19.3 Å². The Morgan fingerprint density at radius 2 is 1.92 bits per heavy atom. The van der Waals surface area contributed by atoms with Crippen molar-refractivity contribution in [1.82, 2.24) is 5.06 Å². The Hall–Kier alpha value is -1.42. The molecule has 0 radical (unpaired) electrons. The zero-order valence-corrected chi connectivity index (χ0v) is 24.0. The Morgan fingerprint density at radius 1 is 1.21 bits per heavy atom. The number of ketones is 1. The van der Waals surface area contributed by atoms with Gasteiger partial charge in [0.2, 0.25) is 6.41 Å². The van der Waals surface area contributed by atoms with Gasteiger partial charge in [0.25, 0.3) is 0 Å². The predicted molar refractivity (Wildman–Crippen MR) is 144 cm³/mol. The van der Waals surface area contributed by atoms with Crippen molar-refractivity contribution in [2.75, 3.05) is 5.75 Å². The fourth-order valence-electron chi connectivity index (χ4n) is 8.47. The average molecular weight is 552 g/mol. The highest BCUT2D eigenvalue weighted by atomic mass is 32.2. The van der Waals surface area contributed by atoms with Crippen molar-refractivity contribution in [2.45, 2.75) is 109 Å². The monoisotopic (exact) mass is 551 g/mol. The Balaban J connectivity index is 1.58. The van der Waals surface area contributed by atoms with Crippen LogP contribution in [0, 0.1) is 34.0 Å². The van der Waals surface area contributed by atoms with E-state index in [1.54, 1.807) is 6.08 Å². The molecule has 4 saturated carbocycles. The molecule has 3 N–H and O–H groups in total. The molecule has 0 heterocycles. The molecule has 38 heavy (non-hydrogen) atoms. The number of hydrogen-bond acceptors (Lipinski definition) is 8. The zero-order chi connectivity index (χ0) is 28.0. The number of Topliss-reactive ketones (excluding diaryl/α,β-unsaturated/α-hetero) is 1. The molecule has 0 aromatic heterocycles. The van der Waals surface area contributed by atoms with Crippen molar-refractivity contribution in [2.24, 2.45) is 34.0 Å². The fraction of sp³-hybridized carbons (Fsp3) is 0.828. The van der Waals surface area contributed by atoms with Gasteiger partial charge < -0.3 is 14.9 Å². The predicted octanol–water partition coefficient (Wildman–Crippen LogP) is 3.76. The number of carbonyl (C=O) groups excluding carboxylic acids is 3. The van der Waals surface area contributed by atoms with Crippen LogP contribution in [0.1, 0.15) is 79.1 Å². The summed E-state index contributed by atoms with van der Waals surface area (Å²) < 4.78 is 6.27. The molecule has 0 saturated heterocycles. The second-order valence-corrected chi connectivity index (χ2v) is 14.2. The van der Waals surface area contributed by atoms with E-state index in [4.69, 9.17) is 4.74 Å². The van der Waals surface area contributed by atoms with Gasteiger partial charge in [0, 0.05) is 28.4 Å². The van der Waals surface area contributed by atoms with Crippen LogP contribution in [0.3, 0.4) is 0 Å². The number of aliphatic hydroxyl groups is 2. The minimum absolute atomic E-state index is 0.00937. The first-order valence-electron chi connectivity index (χ1n) is 14.1. The van der Waals surface area contributed by atoms with E-state index in [9.17, 15) is 29.8 Å². The summed E-state index contributed by atoms with van der Waals surface area (Å²) in [5.41, 5.74) is -1.58. The van der Waals surface area contributed by atoms with E-state index >= 15 is 0 Å². The Bertz CT molecular complexity index is 946. The van der Waals surface area contributed by atoms with Crippen LogP contribution >= 0.6 is 11.8 Å². The standard InChI is InChI=1S/C29H45NO7S/c1-6-27(4)14-23(37-24(34)15-38-22-13-19(30(36)16-31)7-8-20(22)32)28(5)17(2)9-11-29(18(3)26(27)35)12-10-21(33)25(28)29/h6,16-20,22-23,25-26,32,35-36H,1,7-15H2,2-5H3/t17-,18+,19-,20-,22-,23-,25+,26+,27-,28+,29+/m1/s1. The lowest BCUT2D eigenvalue weighted by atomic mass is 9.44. The number of hydrogen-bond donors (Lipinski definition) is 3. The third kappa shape index (κ3) is 4.75. The molecule has 9 heteroatoms. The van der Waals surface area contributed by atoms with Crippen LogP contribution in [-0.4, -0.2) is 74.0 Å². The normalized spacial score (nSPS) is 46.9. The largest absolute Gasteiger partial charge is 0.461 e. The van der Waals surface area contributed by atoms with Crippen LogP contribution in [0.2, 0.25) is 0 Å². The van der Waals surface area contributed by atoms with Crippen molar-refractivity contribution in [3.05, 3.63) is 12.7 Å². The van der Waals surface area contributed by atoms with Crippen LogP contribution in [0.5, 0.6) is 0 Å². The smallest absolute Gasteiger partial charge is 0.316 e. The summed E-state index contributed by atoms with van der Waals surface area (Å²) in [6, 6.07) is -0.393. The van der Waals surface area contributed by atoms with E-state index in [1.807, 2.05) is 6.92 Å². The lowest BCUT2D eigenvalue weighted by Crippen LogP contribution is -2.63. The fourth-order valence-corrected chi connectivity index (χ4v) is 9.60. The van der Waals surface area contributed by atoms with E-state index in [0.29, 0.717) is 43.6 Å². The van der Waals surface area contributed by atoms with E-state index in [1.165, 1.54) is 11.8 Å². The number of nitrogens with zero attached hydrogens (tertiary/aromatic N) is 1. The molecule has 4 aliphatic rings. The number of carbonyl (C=O) groups is 3. The third-order valence-corrected chi connectivity index (χ3v) is 12.5. The molecule has 8 nitrogen and oxygen atoms in total. The number of aliphatic hydroxyl groups excluding tert-OH is 2. The molecule has 11 atom stereocenters. The Kier molecular flexibility index (Phi) is 8.45. The maximum atomic E-state index is 13.5. The van der Waals surface area contributed by atoms with E-state index in [2.05, 4.69) is 27.4 Å². The highest BCUT2D eigenvalue weighted by Gasteiger charge is 2.68. The summed E-state index contributed by atoms with van der Waals surface area (Å²) in [5.74, 6) is -0.396. The average Bonchev–Trinajstić information content (AvgIpc) is 3.26. The molecular weight excluding hydrogens is 506 g/mol. The van der Waals surface area contributed by atoms with Gasteiger partial charge >= 0.3 is 5.97 Å². The van der Waals surface area contributed by atoms with Gasteiger partial charge in [-0.3, -0.25) is 19.6 Å². The lowest BCUT2D eigenvalue weighted by molar-refractivity contribution is -0.205. The number of thioether (sulfide) groups is 1. The second kappa shape index (κ2) is 10.9. The molecule has 0 aromatic carbocycles. The van der Waals surface area contributed by atoms with Gasteiger partial charge in [-0.15, -0.1) is 18.3 Å². The maximum absolute atomic E-state index is 13.5. The van der Waals surface area contributed by atoms with Gasteiger partial charge in [-0.2, -0.15) is 0 Å². The molecular formula is C29H45NO7S. The highest BCUT2D eigenvalue weighted by Crippen LogP contribution is 2.68. The zero-order valence-electron chi connectivity index (χ0n) is 23.2. The van der Waals surface area contributed by atoms with Crippen molar-refractivity contribution in [3.63, 3.8) is 0 Å². The quantitative estimate of drug-likeness (QED) is 0.144. The van der Waals surface area contributed by atoms with Crippen LogP contribution < -0.4 is 0 Å². The number of esters is 1. The maximum Gasteiger partial charge on any atom is 0.316 e. The summed E-state index contributed by atoms with van der Waals surface area (Å²) in [7, 11) is 0. The summed E-state index contributed by atoms with van der Waals surface area (Å²) in [4.78, 5) is 37.8.